The molecule has 6 nitrogen and oxygen atoms in total. The van der Waals surface area contributed by atoms with Gasteiger partial charge in [-0.2, -0.15) is 0 Å². The molecule has 12 heavy (non-hydrogen) atoms. The molecule has 1 heterocycles. The highest BCUT2D eigenvalue weighted by Crippen LogP contribution is 1.92. The average molecular weight is 166 g/mol. The molecule has 0 saturated heterocycles. The topological polar surface area (TPSA) is 112 Å². The minimum Gasteiger partial charge on any atom is -0.364 e. The molecular formula is C6H6N4O2. The Labute approximate surface area is 67.6 Å². The number of nitrogens with two attached hydrogens (primary N) is 2. The molecule has 1 rings (SSSR count). The molecule has 0 bridgehead atoms. The summed E-state index contributed by atoms with van der Waals surface area (Å²) in [6, 6.07) is 0. The van der Waals surface area contributed by atoms with Crippen LogP contribution in [0.2, 0.25) is 0 Å². The monoisotopic (exact) mass is 166 g/mol. The van der Waals surface area contributed by atoms with Crippen molar-refractivity contribution in [3.05, 3.63) is 23.8 Å². The molecule has 1 aromatic rings. The Morgan fingerprint density at radius 1 is 1.00 bits per heavy atom. The van der Waals surface area contributed by atoms with Crippen LogP contribution in [0.25, 0.3) is 0 Å². The summed E-state index contributed by atoms with van der Waals surface area (Å²) in [5.74, 6) is -1.39. The van der Waals surface area contributed by atoms with E-state index in [0.717, 1.165) is 12.4 Å². The Balaban J connectivity index is 3.01. The molecule has 0 aliphatic carbocycles. The Bertz CT molecular complexity index is 286. The smallest absolute Gasteiger partial charge is 0.268 e. The Morgan fingerprint density at radius 2 is 1.33 bits per heavy atom. The molecular weight excluding hydrogens is 160 g/mol. The number of carbonyl (C=O) groups excluding carboxylic acids is 2. The molecule has 0 atom stereocenters. The van der Waals surface area contributed by atoms with E-state index in [1.165, 1.54) is 0 Å². The first-order chi connectivity index (χ1) is 5.61. The first-order valence-electron chi connectivity index (χ1n) is 3.03. The standard InChI is InChI=1S/C6H6N4O2/c7-5(11)3-1-9-4(2-10-3)6(8)12/h1-2H,(H2,7,11)(H2,8,12). The molecule has 1 aromatic heterocycles. The molecule has 0 radical (unpaired) electrons. The lowest BCUT2D eigenvalue weighted by molar-refractivity contribution is 0.0980. The molecule has 6 heteroatoms. The fraction of sp³-hybridized carbons (Fsp3) is 0. The number of nitrogens with zero attached hydrogens (tertiary/aromatic N) is 2. The van der Waals surface area contributed by atoms with Crippen molar-refractivity contribution in [1.82, 2.24) is 9.97 Å². The number of amides is 2. The molecule has 0 spiro atoms. The van der Waals surface area contributed by atoms with Crippen molar-refractivity contribution < 1.29 is 9.59 Å². The predicted molar refractivity (Wildman–Crippen MR) is 39.1 cm³/mol. The Kier molecular flexibility index (Phi) is 2.00. The van der Waals surface area contributed by atoms with Gasteiger partial charge in [0, 0.05) is 0 Å². The largest absolute Gasteiger partial charge is 0.364 e. The Morgan fingerprint density at radius 3 is 1.50 bits per heavy atom. The van der Waals surface area contributed by atoms with Gasteiger partial charge in [-0.3, -0.25) is 9.59 Å². The Hall–Kier alpha value is -1.98. The van der Waals surface area contributed by atoms with E-state index in [9.17, 15) is 9.59 Å². The van der Waals surface area contributed by atoms with Crippen molar-refractivity contribution in [3.8, 4) is 0 Å². The number of hydrogen-bond donors (Lipinski definition) is 2. The second kappa shape index (κ2) is 2.95. The average Bonchev–Trinajstić information content (AvgIpc) is 2.04. The van der Waals surface area contributed by atoms with Gasteiger partial charge in [0.05, 0.1) is 12.4 Å². The van der Waals surface area contributed by atoms with Crippen LogP contribution in [-0.4, -0.2) is 21.8 Å². The number of hydrogen-bond acceptors (Lipinski definition) is 4. The molecule has 62 valence electrons. The third kappa shape index (κ3) is 1.54. The normalized spacial score (nSPS) is 9.33. The minimum absolute atomic E-state index is 0.000000000000000222. The van der Waals surface area contributed by atoms with Crippen molar-refractivity contribution in [2.45, 2.75) is 0 Å². The zero-order valence-electron chi connectivity index (χ0n) is 6.02. The van der Waals surface area contributed by atoms with Gasteiger partial charge in [-0.25, -0.2) is 9.97 Å². The zero-order chi connectivity index (χ0) is 9.14. The van der Waals surface area contributed by atoms with Crippen LogP contribution in [0.3, 0.4) is 0 Å². The van der Waals surface area contributed by atoms with Crippen LogP contribution >= 0.6 is 0 Å². The van der Waals surface area contributed by atoms with Crippen LogP contribution in [-0.2, 0) is 0 Å². The van der Waals surface area contributed by atoms with E-state index in [2.05, 4.69) is 9.97 Å². The lowest BCUT2D eigenvalue weighted by atomic mass is 10.4. The maximum absolute atomic E-state index is 10.5. The summed E-state index contributed by atoms with van der Waals surface area (Å²) in [6.07, 6.45) is 2.20. The number of primary amides is 2. The van der Waals surface area contributed by atoms with Gasteiger partial charge in [-0.1, -0.05) is 0 Å². The summed E-state index contributed by atoms with van der Waals surface area (Å²) in [5, 5.41) is 0. The van der Waals surface area contributed by atoms with Crippen molar-refractivity contribution in [3.63, 3.8) is 0 Å². The predicted octanol–water partition coefficient (Wildman–Crippen LogP) is -1.33. The summed E-state index contributed by atoms with van der Waals surface area (Å²) in [7, 11) is 0. The lowest BCUT2D eigenvalue weighted by Crippen LogP contribution is -2.17. The first-order valence-corrected chi connectivity index (χ1v) is 3.03. The van der Waals surface area contributed by atoms with Gasteiger partial charge >= 0.3 is 0 Å². The van der Waals surface area contributed by atoms with Crippen LogP contribution in [0.1, 0.15) is 21.0 Å². The van der Waals surface area contributed by atoms with Gasteiger partial charge in [-0.05, 0) is 0 Å². The van der Waals surface area contributed by atoms with E-state index in [0.29, 0.717) is 0 Å². The first kappa shape index (κ1) is 8.12. The van der Waals surface area contributed by atoms with Crippen molar-refractivity contribution >= 4 is 11.8 Å². The van der Waals surface area contributed by atoms with E-state index in [1.807, 2.05) is 0 Å². The highest BCUT2D eigenvalue weighted by atomic mass is 16.1. The molecule has 0 aliphatic heterocycles. The van der Waals surface area contributed by atoms with Crippen LogP contribution < -0.4 is 11.5 Å². The zero-order valence-corrected chi connectivity index (χ0v) is 6.02. The quantitative estimate of drug-likeness (QED) is 0.567. The van der Waals surface area contributed by atoms with Gasteiger partial charge in [0.2, 0.25) is 0 Å². The summed E-state index contributed by atoms with van der Waals surface area (Å²) in [5.41, 5.74) is 9.76. The molecule has 0 saturated carbocycles. The third-order valence-electron chi connectivity index (χ3n) is 1.16. The number of carbonyl (C=O) groups is 2. The van der Waals surface area contributed by atoms with Gasteiger partial charge < -0.3 is 11.5 Å². The number of rotatable bonds is 2. The molecule has 0 fully saturated rings. The van der Waals surface area contributed by atoms with Gasteiger partial charge in [0.1, 0.15) is 11.4 Å². The van der Waals surface area contributed by atoms with E-state index in [-0.39, 0.29) is 11.4 Å². The summed E-state index contributed by atoms with van der Waals surface area (Å²) < 4.78 is 0. The summed E-state index contributed by atoms with van der Waals surface area (Å²) in [6.45, 7) is 0. The fourth-order valence-corrected chi connectivity index (χ4v) is 0.583. The van der Waals surface area contributed by atoms with Crippen LogP contribution in [0.5, 0.6) is 0 Å². The summed E-state index contributed by atoms with van der Waals surface area (Å²) >= 11 is 0. The van der Waals surface area contributed by atoms with Crippen molar-refractivity contribution in [1.29, 1.82) is 0 Å². The maximum Gasteiger partial charge on any atom is 0.268 e. The summed E-state index contributed by atoms with van der Waals surface area (Å²) in [4.78, 5) is 28.1. The lowest BCUT2D eigenvalue weighted by Gasteiger charge is -1.94. The number of aromatic nitrogens is 2. The molecule has 0 aliphatic rings. The van der Waals surface area contributed by atoms with Crippen molar-refractivity contribution in [2.75, 3.05) is 0 Å². The van der Waals surface area contributed by atoms with Gasteiger partial charge in [0.15, 0.2) is 0 Å². The second-order valence-corrected chi connectivity index (χ2v) is 2.02. The maximum atomic E-state index is 10.5. The second-order valence-electron chi connectivity index (χ2n) is 2.02. The SMILES string of the molecule is NC(=O)c1cnc(C(N)=O)cn1. The van der Waals surface area contributed by atoms with Gasteiger partial charge in [-0.15, -0.1) is 0 Å². The molecule has 4 N–H and O–H groups in total. The fourth-order valence-electron chi connectivity index (χ4n) is 0.583. The minimum atomic E-state index is -0.696. The highest BCUT2D eigenvalue weighted by Gasteiger charge is 2.05. The van der Waals surface area contributed by atoms with Gasteiger partial charge in [0.25, 0.3) is 11.8 Å². The van der Waals surface area contributed by atoms with E-state index in [4.69, 9.17) is 11.5 Å². The molecule has 0 unspecified atom stereocenters. The van der Waals surface area contributed by atoms with E-state index < -0.39 is 11.8 Å². The van der Waals surface area contributed by atoms with Crippen LogP contribution in [0.4, 0.5) is 0 Å². The van der Waals surface area contributed by atoms with Crippen LogP contribution in [0, 0.1) is 0 Å². The molecule has 0 aromatic carbocycles. The van der Waals surface area contributed by atoms with E-state index >= 15 is 0 Å². The molecule has 2 amide bonds. The highest BCUT2D eigenvalue weighted by molar-refractivity contribution is 5.92. The van der Waals surface area contributed by atoms with E-state index in [1.54, 1.807) is 0 Å². The third-order valence-corrected chi connectivity index (χ3v) is 1.16. The van der Waals surface area contributed by atoms with Crippen molar-refractivity contribution in [2.24, 2.45) is 11.5 Å². The van der Waals surface area contributed by atoms with Crippen LogP contribution in [0.15, 0.2) is 12.4 Å².